The zero-order chi connectivity index (χ0) is 9.68. The lowest BCUT2D eigenvalue weighted by molar-refractivity contribution is 0.0917. The molecule has 5 heteroatoms. The molecule has 13 heavy (non-hydrogen) atoms. The first kappa shape index (κ1) is 9.73. The molecule has 0 saturated carbocycles. The molecular weight excluding hydrogens is 172 g/mol. The lowest BCUT2D eigenvalue weighted by atomic mass is 10.6. The van der Waals surface area contributed by atoms with Gasteiger partial charge in [-0.3, -0.25) is 4.79 Å². The van der Waals surface area contributed by atoms with E-state index >= 15 is 0 Å². The van der Waals surface area contributed by atoms with E-state index in [9.17, 15) is 4.79 Å². The maximum absolute atomic E-state index is 10.8. The maximum Gasteiger partial charge on any atom is 0.243 e. The summed E-state index contributed by atoms with van der Waals surface area (Å²) >= 11 is 0. The SMILES string of the molecule is COCCOc1ccn(C(C)=O)n1. The van der Waals surface area contributed by atoms with Crippen molar-refractivity contribution in [3.05, 3.63) is 12.3 Å². The summed E-state index contributed by atoms with van der Waals surface area (Å²) in [6.45, 7) is 2.38. The van der Waals surface area contributed by atoms with Gasteiger partial charge in [-0.05, 0) is 0 Å². The summed E-state index contributed by atoms with van der Waals surface area (Å²) in [6.07, 6.45) is 1.56. The third-order valence-electron chi connectivity index (χ3n) is 1.42. The highest BCUT2D eigenvalue weighted by Crippen LogP contribution is 2.04. The summed E-state index contributed by atoms with van der Waals surface area (Å²) in [7, 11) is 1.59. The molecule has 72 valence electrons. The first-order valence-corrected chi connectivity index (χ1v) is 3.92. The second-order valence-corrected chi connectivity index (χ2v) is 2.46. The summed E-state index contributed by atoms with van der Waals surface area (Å²) in [5.74, 6) is 0.300. The number of ether oxygens (including phenoxy) is 2. The smallest absolute Gasteiger partial charge is 0.243 e. The van der Waals surface area contributed by atoms with Crippen LogP contribution in [0.5, 0.6) is 5.88 Å². The van der Waals surface area contributed by atoms with E-state index in [0.29, 0.717) is 19.1 Å². The Morgan fingerprint density at radius 3 is 2.92 bits per heavy atom. The Hall–Kier alpha value is -1.36. The van der Waals surface area contributed by atoms with Crippen molar-refractivity contribution < 1.29 is 14.3 Å². The maximum atomic E-state index is 10.8. The van der Waals surface area contributed by atoms with Crippen molar-refractivity contribution in [2.45, 2.75) is 6.92 Å². The number of rotatable bonds is 4. The minimum atomic E-state index is -0.137. The van der Waals surface area contributed by atoms with Crippen molar-refractivity contribution in [2.24, 2.45) is 0 Å². The second kappa shape index (κ2) is 4.61. The van der Waals surface area contributed by atoms with E-state index in [1.54, 1.807) is 19.4 Å². The summed E-state index contributed by atoms with van der Waals surface area (Å²) in [5, 5.41) is 3.87. The minimum Gasteiger partial charge on any atom is -0.474 e. The number of hydrogen-bond acceptors (Lipinski definition) is 4. The fourth-order valence-electron chi connectivity index (χ4n) is 0.789. The molecule has 0 unspecified atom stereocenters. The van der Waals surface area contributed by atoms with Crippen LogP contribution in [0.4, 0.5) is 0 Å². The fourth-order valence-corrected chi connectivity index (χ4v) is 0.789. The van der Waals surface area contributed by atoms with Gasteiger partial charge >= 0.3 is 0 Å². The first-order chi connectivity index (χ1) is 6.24. The Labute approximate surface area is 76.3 Å². The standard InChI is InChI=1S/C8H12N2O3/c1-7(11)10-4-3-8(9-10)13-6-5-12-2/h3-4H,5-6H2,1-2H3. The van der Waals surface area contributed by atoms with Gasteiger partial charge < -0.3 is 9.47 Å². The molecular formula is C8H12N2O3. The van der Waals surface area contributed by atoms with Gasteiger partial charge in [0.15, 0.2) is 0 Å². The lowest BCUT2D eigenvalue weighted by Crippen LogP contribution is -2.08. The molecule has 0 aliphatic carbocycles. The average molecular weight is 184 g/mol. The molecule has 0 atom stereocenters. The third-order valence-corrected chi connectivity index (χ3v) is 1.42. The average Bonchev–Trinajstić information content (AvgIpc) is 2.53. The van der Waals surface area contributed by atoms with Crippen LogP contribution in [0.1, 0.15) is 11.7 Å². The third kappa shape index (κ3) is 2.87. The van der Waals surface area contributed by atoms with E-state index in [4.69, 9.17) is 9.47 Å². The highest BCUT2D eigenvalue weighted by atomic mass is 16.5. The van der Waals surface area contributed by atoms with Crippen molar-refractivity contribution in [1.29, 1.82) is 0 Å². The van der Waals surface area contributed by atoms with Crippen LogP contribution < -0.4 is 4.74 Å². The molecule has 5 nitrogen and oxygen atoms in total. The van der Waals surface area contributed by atoms with Gasteiger partial charge in [0.1, 0.15) is 6.61 Å². The molecule has 0 amide bonds. The van der Waals surface area contributed by atoms with Gasteiger partial charge in [0.25, 0.3) is 0 Å². The minimum absolute atomic E-state index is 0.137. The molecule has 1 rings (SSSR count). The van der Waals surface area contributed by atoms with E-state index in [-0.39, 0.29) is 5.91 Å². The summed E-state index contributed by atoms with van der Waals surface area (Å²) in [4.78, 5) is 10.8. The molecule has 0 fully saturated rings. The highest BCUT2D eigenvalue weighted by Gasteiger charge is 2.01. The Bertz CT molecular complexity index is 283. The van der Waals surface area contributed by atoms with E-state index in [0.717, 1.165) is 0 Å². The molecule has 0 bridgehead atoms. The molecule has 0 spiro atoms. The number of carbonyl (C=O) groups excluding carboxylic acids is 1. The number of methoxy groups -OCH3 is 1. The zero-order valence-electron chi connectivity index (χ0n) is 7.69. The molecule has 1 aromatic rings. The van der Waals surface area contributed by atoms with Gasteiger partial charge in [0.2, 0.25) is 11.8 Å². The number of nitrogens with zero attached hydrogens (tertiary/aromatic N) is 2. The number of carbonyl (C=O) groups is 1. The van der Waals surface area contributed by atoms with Gasteiger partial charge in [0.05, 0.1) is 6.61 Å². The van der Waals surface area contributed by atoms with Crippen LogP contribution in [0.15, 0.2) is 12.3 Å². The van der Waals surface area contributed by atoms with Crippen molar-refractivity contribution in [3.8, 4) is 5.88 Å². The Kier molecular flexibility index (Phi) is 3.45. The number of hydrogen-bond donors (Lipinski definition) is 0. The molecule has 0 aromatic carbocycles. The van der Waals surface area contributed by atoms with Crippen molar-refractivity contribution in [1.82, 2.24) is 9.78 Å². The van der Waals surface area contributed by atoms with Crippen LogP contribution in [-0.2, 0) is 4.74 Å². The molecule has 0 aliphatic rings. The first-order valence-electron chi connectivity index (χ1n) is 3.92. The Morgan fingerprint density at radius 2 is 2.38 bits per heavy atom. The van der Waals surface area contributed by atoms with Crippen molar-refractivity contribution >= 4 is 5.91 Å². The molecule has 0 N–H and O–H groups in total. The van der Waals surface area contributed by atoms with Gasteiger partial charge in [-0.2, -0.15) is 0 Å². The van der Waals surface area contributed by atoms with Crippen LogP contribution >= 0.6 is 0 Å². The van der Waals surface area contributed by atoms with Crippen LogP contribution in [0.25, 0.3) is 0 Å². The fraction of sp³-hybridized carbons (Fsp3) is 0.500. The lowest BCUT2D eigenvalue weighted by Gasteiger charge is -1.99. The predicted molar refractivity (Wildman–Crippen MR) is 45.9 cm³/mol. The van der Waals surface area contributed by atoms with Crippen molar-refractivity contribution in [3.63, 3.8) is 0 Å². The highest BCUT2D eigenvalue weighted by molar-refractivity contribution is 5.75. The largest absolute Gasteiger partial charge is 0.474 e. The van der Waals surface area contributed by atoms with Gasteiger partial charge in [0, 0.05) is 26.3 Å². The predicted octanol–water partition coefficient (Wildman–Crippen LogP) is 0.568. The van der Waals surface area contributed by atoms with Crippen LogP contribution in [0.2, 0.25) is 0 Å². The quantitative estimate of drug-likeness (QED) is 0.642. The Morgan fingerprint density at radius 1 is 1.62 bits per heavy atom. The van der Waals surface area contributed by atoms with E-state index in [2.05, 4.69) is 5.10 Å². The molecule has 0 radical (unpaired) electrons. The molecule has 1 aromatic heterocycles. The van der Waals surface area contributed by atoms with Crippen molar-refractivity contribution in [2.75, 3.05) is 20.3 Å². The van der Waals surface area contributed by atoms with E-state index in [1.165, 1.54) is 11.6 Å². The monoisotopic (exact) mass is 184 g/mol. The molecule has 1 heterocycles. The van der Waals surface area contributed by atoms with Gasteiger partial charge in [-0.1, -0.05) is 0 Å². The summed E-state index contributed by atoms with van der Waals surface area (Å²) in [6, 6.07) is 1.64. The van der Waals surface area contributed by atoms with Crippen LogP contribution in [0.3, 0.4) is 0 Å². The normalized spacial score (nSPS) is 10.0. The van der Waals surface area contributed by atoms with E-state index in [1.807, 2.05) is 0 Å². The molecule has 0 aliphatic heterocycles. The molecule has 0 saturated heterocycles. The topological polar surface area (TPSA) is 53.4 Å². The van der Waals surface area contributed by atoms with Gasteiger partial charge in [-0.25, -0.2) is 4.68 Å². The summed E-state index contributed by atoms with van der Waals surface area (Å²) in [5.41, 5.74) is 0. The van der Waals surface area contributed by atoms with Crippen LogP contribution in [0, 0.1) is 0 Å². The van der Waals surface area contributed by atoms with Gasteiger partial charge in [-0.15, -0.1) is 5.10 Å². The second-order valence-electron chi connectivity index (χ2n) is 2.46. The Balaban J connectivity index is 2.44. The number of aromatic nitrogens is 2. The zero-order valence-corrected chi connectivity index (χ0v) is 7.69. The van der Waals surface area contributed by atoms with E-state index < -0.39 is 0 Å². The van der Waals surface area contributed by atoms with Crippen LogP contribution in [-0.4, -0.2) is 36.0 Å². The summed E-state index contributed by atoms with van der Waals surface area (Å²) < 4.78 is 11.2.